The minimum Gasteiger partial charge on any atom is -0.352 e. The Morgan fingerprint density at radius 2 is 1.59 bits per heavy atom. The fourth-order valence-corrected chi connectivity index (χ4v) is 3.90. The highest BCUT2D eigenvalue weighted by atomic mass is 16.2. The fraction of sp³-hybridized carbons (Fsp3) is 0.320. The van der Waals surface area contributed by atoms with Crippen molar-refractivity contribution in [2.75, 3.05) is 36.4 Å². The van der Waals surface area contributed by atoms with Crippen molar-refractivity contribution < 1.29 is 4.79 Å². The van der Waals surface area contributed by atoms with E-state index in [0.717, 1.165) is 28.3 Å². The first-order chi connectivity index (χ1) is 15.3. The minimum atomic E-state index is -0.163. The van der Waals surface area contributed by atoms with E-state index in [0.29, 0.717) is 26.2 Å². The molecule has 2 heterocycles. The fourth-order valence-electron chi connectivity index (χ4n) is 3.90. The van der Waals surface area contributed by atoms with Crippen LogP contribution in [0.3, 0.4) is 0 Å². The van der Waals surface area contributed by atoms with Crippen molar-refractivity contribution >= 4 is 17.5 Å². The summed E-state index contributed by atoms with van der Waals surface area (Å²) in [6.45, 7) is 10.6. The molecular formula is C25H29N5O2. The van der Waals surface area contributed by atoms with Gasteiger partial charge < -0.3 is 15.1 Å². The summed E-state index contributed by atoms with van der Waals surface area (Å²) in [6, 6.07) is 15.1. The van der Waals surface area contributed by atoms with Crippen LogP contribution in [0.2, 0.25) is 0 Å². The predicted octanol–water partition coefficient (Wildman–Crippen LogP) is 3.82. The van der Waals surface area contributed by atoms with E-state index in [1.807, 2.05) is 62.9 Å². The van der Waals surface area contributed by atoms with Crippen LogP contribution in [-0.2, 0) is 0 Å². The summed E-state index contributed by atoms with van der Waals surface area (Å²) < 4.78 is 1.45. The third kappa shape index (κ3) is 4.51. The zero-order valence-electron chi connectivity index (χ0n) is 19.1. The smallest absolute Gasteiger partial charge is 0.321 e. The molecule has 3 aromatic rings. The number of piperazine rings is 1. The van der Waals surface area contributed by atoms with Crippen LogP contribution in [0.1, 0.15) is 22.3 Å². The van der Waals surface area contributed by atoms with Crippen molar-refractivity contribution in [2.45, 2.75) is 27.7 Å². The number of hydrogen-bond donors (Lipinski definition) is 1. The van der Waals surface area contributed by atoms with Crippen molar-refractivity contribution in [3.05, 3.63) is 81.1 Å². The van der Waals surface area contributed by atoms with Gasteiger partial charge >= 0.3 is 6.03 Å². The summed E-state index contributed by atoms with van der Waals surface area (Å²) in [5.41, 5.74) is 5.94. The largest absolute Gasteiger partial charge is 0.352 e. The van der Waals surface area contributed by atoms with E-state index < -0.39 is 0 Å². The Morgan fingerprint density at radius 1 is 0.844 bits per heavy atom. The number of aryl methyl sites for hydroxylation is 4. The molecule has 0 atom stereocenters. The highest BCUT2D eigenvalue weighted by Gasteiger charge is 2.23. The van der Waals surface area contributed by atoms with Gasteiger partial charge in [0, 0.05) is 37.9 Å². The molecule has 0 aliphatic carbocycles. The first-order valence-electron chi connectivity index (χ1n) is 10.9. The van der Waals surface area contributed by atoms with Gasteiger partial charge in [-0.05, 0) is 68.7 Å². The van der Waals surface area contributed by atoms with Gasteiger partial charge in [-0.3, -0.25) is 4.79 Å². The number of aromatic nitrogens is 2. The molecule has 4 rings (SSSR count). The predicted molar refractivity (Wildman–Crippen MR) is 128 cm³/mol. The Balaban J connectivity index is 1.44. The molecule has 0 radical (unpaired) electrons. The monoisotopic (exact) mass is 431 g/mol. The zero-order chi connectivity index (χ0) is 22.8. The van der Waals surface area contributed by atoms with E-state index in [1.54, 1.807) is 12.1 Å². The molecule has 7 heteroatoms. The molecule has 1 N–H and O–H groups in total. The third-order valence-corrected chi connectivity index (χ3v) is 6.04. The van der Waals surface area contributed by atoms with Crippen molar-refractivity contribution in [3.8, 4) is 5.69 Å². The summed E-state index contributed by atoms with van der Waals surface area (Å²) in [5.74, 6) is 0.734. The Hall–Kier alpha value is -3.61. The lowest BCUT2D eigenvalue weighted by atomic mass is 10.1. The average Bonchev–Trinajstić information content (AvgIpc) is 2.78. The first-order valence-corrected chi connectivity index (χ1v) is 10.9. The molecule has 1 fully saturated rings. The van der Waals surface area contributed by atoms with Gasteiger partial charge in [0.1, 0.15) is 5.82 Å². The summed E-state index contributed by atoms with van der Waals surface area (Å²) in [6.07, 6.45) is 0. The summed E-state index contributed by atoms with van der Waals surface area (Å²) in [4.78, 5) is 29.1. The Bertz CT molecular complexity index is 1210. The van der Waals surface area contributed by atoms with Gasteiger partial charge in [0.2, 0.25) is 0 Å². The Labute approximate surface area is 188 Å². The Kier molecular flexibility index (Phi) is 5.99. The molecular weight excluding hydrogens is 402 g/mol. The lowest BCUT2D eigenvalue weighted by molar-refractivity contribution is 0.208. The van der Waals surface area contributed by atoms with E-state index in [-0.39, 0.29) is 11.6 Å². The second-order valence-electron chi connectivity index (χ2n) is 8.43. The molecule has 0 saturated carbocycles. The maximum absolute atomic E-state index is 12.7. The quantitative estimate of drug-likeness (QED) is 0.684. The van der Waals surface area contributed by atoms with Gasteiger partial charge in [-0.15, -0.1) is 5.10 Å². The topological polar surface area (TPSA) is 70.5 Å². The molecule has 0 bridgehead atoms. The van der Waals surface area contributed by atoms with Crippen molar-refractivity contribution in [1.82, 2.24) is 14.7 Å². The number of nitrogens with zero attached hydrogens (tertiary/aromatic N) is 4. The van der Waals surface area contributed by atoms with Crippen molar-refractivity contribution in [3.63, 3.8) is 0 Å². The van der Waals surface area contributed by atoms with E-state index in [1.165, 1.54) is 15.8 Å². The highest BCUT2D eigenvalue weighted by Crippen LogP contribution is 2.19. The van der Waals surface area contributed by atoms with E-state index in [9.17, 15) is 9.59 Å². The number of anilines is 2. The molecule has 32 heavy (non-hydrogen) atoms. The van der Waals surface area contributed by atoms with E-state index in [4.69, 9.17) is 0 Å². The molecule has 2 aromatic carbocycles. The van der Waals surface area contributed by atoms with Gasteiger partial charge in [-0.1, -0.05) is 23.8 Å². The maximum atomic E-state index is 12.7. The number of carbonyl (C=O) groups is 1. The lowest BCUT2D eigenvalue weighted by Gasteiger charge is -2.35. The summed E-state index contributed by atoms with van der Waals surface area (Å²) in [5, 5.41) is 7.62. The van der Waals surface area contributed by atoms with Crippen LogP contribution in [-0.4, -0.2) is 46.9 Å². The average molecular weight is 432 g/mol. The number of amides is 2. The third-order valence-electron chi connectivity index (χ3n) is 6.04. The molecule has 1 aliphatic rings. The number of carbonyl (C=O) groups excluding carboxylic acids is 1. The van der Waals surface area contributed by atoms with Crippen LogP contribution in [0.5, 0.6) is 0 Å². The van der Waals surface area contributed by atoms with Gasteiger partial charge in [0.15, 0.2) is 0 Å². The number of rotatable bonds is 3. The normalized spacial score (nSPS) is 13.9. The lowest BCUT2D eigenvalue weighted by Crippen LogP contribution is -2.50. The SMILES string of the molecule is Cc1ccc(NC(=O)N2CCN(c3ccc(=O)n(-c4ccc(C)c(C)c4)n3)CC2)c(C)c1. The van der Waals surface area contributed by atoms with Crippen LogP contribution in [0.4, 0.5) is 16.3 Å². The van der Waals surface area contributed by atoms with Gasteiger partial charge in [0.05, 0.1) is 5.69 Å². The minimum absolute atomic E-state index is 0.0929. The van der Waals surface area contributed by atoms with Crippen LogP contribution >= 0.6 is 0 Å². The van der Waals surface area contributed by atoms with Crippen LogP contribution in [0.15, 0.2) is 53.3 Å². The van der Waals surface area contributed by atoms with Crippen molar-refractivity contribution in [1.29, 1.82) is 0 Å². The standard InChI is InChI=1S/C25H29N5O2/c1-17-5-8-22(20(4)15-17)26-25(32)29-13-11-28(12-14-29)23-9-10-24(31)30(27-23)21-7-6-18(2)19(3)16-21/h5-10,15-16H,11-14H2,1-4H3,(H,26,32). The number of benzene rings is 2. The molecule has 7 nitrogen and oxygen atoms in total. The molecule has 1 aliphatic heterocycles. The number of hydrogen-bond acceptors (Lipinski definition) is 4. The maximum Gasteiger partial charge on any atom is 0.321 e. The van der Waals surface area contributed by atoms with E-state index in [2.05, 4.69) is 21.4 Å². The highest BCUT2D eigenvalue weighted by molar-refractivity contribution is 5.90. The van der Waals surface area contributed by atoms with Crippen molar-refractivity contribution in [2.24, 2.45) is 0 Å². The molecule has 2 amide bonds. The zero-order valence-corrected chi connectivity index (χ0v) is 19.1. The first kappa shape index (κ1) is 21.6. The van der Waals surface area contributed by atoms with Crippen LogP contribution in [0.25, 0.3) is 5.69 Å². The summed E-state index contributed by atoms with van der Waals surface area (Å²) in [7, 11) is 0. The second-order valence-corrected chi connectivity index (χ2v) is 8.43. The second kappa shape index (κ2) is 8.86. The number of urea groups is 1. The van der Waals surface area contributed by atoms with Gasteiger partial charge in [0.25, 0.3) is 5.56 Å². The molecule has 0 unspecified atom stereocenters. The number of nitrogens with one attached hydrogen (secondary N) is 1. The Morgan fingerprint density at radius 3 is 2.28 bits per heavy atom. The van der Waals surface area contributed by atoms with Gasteiger partial charge in [-0.2, -0.15) is 4.68 Å². The van der Waals surface area contributed by atoms with Gasteiger partial charge in [-0.25, -0.2) is 4.79 Å². The van der Waals surface area contributed by atoms with E-state index >= 15 is 0 Å². The molecule has 166 valence electrons. The van der Waals surface area contributed by atoms with Crippen LogP contribution < -0.4 is 15.8 Å². The molecule has 0 spiro atoms. The molecule has 1 saturated heterocycles. The molecule has 1 aromatic heterocycles. The van der Waals surface area contributed by atoms with Crippen LogP contribution in [0, 0.1) is 27.7 Å². The summed E-state index contributed by atoms with van der Waals surface area (Å²) >= 11 is 0.